The van der Waals surface area contributed by atoms with Crippen molar-refractivity contribution >= 4 is 5.91 Å². The van der Waals surface area contributed by atoms with E-state index in [4.69, 9.17) is 9.84 Å². The lowest BCUT2D eigenvalue weighted by Gasteiger charge is -2.14. The molecule has 0 heterocycles. The van der Waals surface area contributed by atoms with E-state index in [1.807, 2.05) is 0 Å². The summed E-state index contributed by atoms with van der Waals surface area (Å²) in [5.74, 6) is -0.0166. The van der Waals surface area contributed by atoms with E-state index in [0.717, 1.165) is 6.42 Å². The van der Waals surface area contributed by atoms with Crippen LogP contribution in [0.3, 0.4) is 0 Å². The first kappa shape index (κ1) is 13.4. The van der Waals surface area contributed by atoms with Crippen LogP contribution in [0.2, 0.25) is 0 Å². The zero-order valence-corrected chi connectivity index (χ0v) is 8.95. The summed E-state index contributed by atoms with van der Waals surface area (Å²) in [7, 11) is 3.43. The van der Waals surface area contributed by atoms with Crippen LogP contribution >= 0.6 is 0 Å². The van der Waals surface area contributed by atoms with Gasteiger partial charge in [-0.05, 0) is 13.5 Å². The molecule has 0 aliphatic carbocycles. The van der Waals surface area contributed by atoms with E-state index >= 15 is 0 Å². The van der Waals surface area contributed by atoms with Crippen LogP contribution in [-0.2, 0) is 9.53 Å². The number of nitrogens with one attached hydrogen (secondary N) is 1. The molecule has 0 spiro atoms. The van der Waals surface area contributed by atoms with E-state index < -0.39 is 0 Å². The van der Waals surface area contributed by atoms with Gasteiger partial charge in [-0.2, -0.15) is 0 Å². The summed E-state index contributed by atoms with van der Waals surface area (Å²) in [6.07, 6.45) is 0.825. The summed E-state index contributed by atoms with van der Waals surface area (Å²) in [5, 5.41) is 11.4. The molecule has 0 saturated carbocycles. The number of amides is 1. The Labute approximate surface area is 85.0 Å². The predicted octanol–water partition coefficient (Wildman–Crippen LogP) is -0.937. The van der Waals surface area contributed by atoms with Crippen molar-refractivity contribution in [3.05, 3.63) is 0 Å². The van der Waals surface area contributed by atoms with Crippen molar-refractivity contribution in [2.45, 2.75) is 6.42 Å². The minimum Gasteiger partial charge on any atom is -0.395 e. The van der Waals surface area contributed by atoms with Crippen molar-refractivity contribution in [1.82, 2.24) is 10.2 Å². The number of likely N-dealkylation sites (N-methyl/N-ethyl adjacent to an activating group) is 1. The summed E-state index contributed by atoms with van der Waals surface area (Å²) in [6.45, 7) is 2.22. The maximum atomic E-state index is 11.2. The first-order valence-corrected chi connectivity index (χ1v) is 4.75. The molecular formula is C9H20N2O3. The molecule has 0 radical (unpaired) electrons. The molecule has 0 aliphatic heterocycles. The second kappa shape index (κ2) is 8.93. The highest BCUT2D eigenvalue weighted by Crippen LogP contribution is 1.82. The second-order valence-corrected chi connectivity index (χ2v) is 3.16. The lowest BCUT2D eigenvalue weighted by atomic mass is 10.4. The highest BCUT2D eigenvalue weighted by atomic mass is 16.5. The monoisotopic (exact) mass is 204 g/mol. The van der Waals surface area contributed by atoms with Gasteiger partial charge in [0.05, 0.1) is 13.2 Å². The molecule has 5 heteroatoms. The Hall–Kier alpha value is -0.650. The number of ether oxygens (including phenoxy) is 1. The number of rotatable bonds is 8. The van der Waals surface area contributed by atoms with Crippen molar-refractivity contribution in [2.75, 3.05) is 47.0 Å². The fraction of sp³-hybridized carbons (Fsp3) is 0.889. The Kier molecular flexibility index (Phi) is 8.51. The van der Waals surface area contributed by atoms with Crippen LogP contribution in [0.15, 0.2) is 0 Å². The molecule has 84 valence electrons. The number of carbonyl (C=O) groups excluding carboxylic acids is 1. The predicted molar refractivity (Wildman–Crippen MR) is 54.1 cm³/mol. The maximum Gasteiger partial charge on any atom is 0.234 e. The first-order chi connectivity index (χ1) is 6.70. The number of nitrogens with zero attached hydrogens (tertiary/aromatic N) is 1. The molecule has 0 fully saturated rings. The van der Waals surface area contributed by atoms with Crippen molar-refractivity contribution in [2.24, 2.45) is 0 Å². The van der Waals surface area contributed by atoms with Gasteiger partial charge in [0.15, 0.2) is 0 Å². The summed E-state index contributed by atoms with van der Waals surface area (Å²) < 4.78 is 4.85. The lowest BCUT2D eigenvalue weighted by Crippen LogP contribution is -2.36. The number of methoxy groups -OCH3 is 1. The molecule has 0 aliphatic rings. The summed E-state index contributed by atoms with van der Waals surface area (Å²) in [5.41, 5.74) is 0. The van der Waals surface area contributed by atoms with Gasteiger partial charge < -0.3 is 15.2 Å². The number of hydrogen-bond acceptors (Lipinski definition) is 4. The number of aliphatic hydroxyl groups excluding tert-OH is 1. The first-order valence-electron chi connectivity index (χ1n) is 4.75. The molecule has 14 heavy (non-hydrogen) atoms. The van der Waals surface area contributed by atoms with Gasteiger partial charge in [-0.3, -0.25) is 9.69 Å². The molecule has 0 rings (SSSR count). The third-order valence-electron chi connectivity index (χ3n) is 1.74. The molecule has 0 saturated heterocycles. The van der Waals surface area contributed by atoms with Gasteiger partial charge in [0.25, 0.3) is 0 Å². The van der Waals surface area contributed by atoms with Gasteiger partial charge in [-0.15, -0.1) is 0 Å². The average Bonchev–Trinajstić information content (AvgIpc) is 2.13. The summed E-state index contributed by atoms with van der Waals surface area (Å²) in [4.78, 5) is 13.0. The van der Waals surface area contributed by atoms with E-state index in [1.54, 1.807) is 19.1 Å². The van der Waals surface area contributed by atoms with E-state index in [0.29, 0.717) is 26.2 Å². The molecule has 0 bridgehead atoms. The Morgan fingerprint density at radius 1 is 1.57 bits per heavy atom. The molecule has 1 amide bonds. The third kappa shape index (κ3) is 7.97. The Balaban J connectivity index is 3.35. The lowest BCUT2D eigenvalue weighted by molar-refractivity contribution is -0.122. The van der Waals surface area contributed by atoms with Crippen LogP contribution in [-0.4, -0.2) is 62.9 Å². The normalized spacial score (nSPS) is 10.6. The van der Waals surface area contributed by atoms with E-state index in [9.17, 15) is 4.79 Å². The number of aliphatic hydroxyl groups is 1. The van der Waals surface area contributed by atoms with Crippen molar-refractivity contribution in [3.8, 4) is 0 Å². The molecule has 0 aromatic heterocycles. The average molecular weight is 204 g/mol. The van der Waals surface area contributed by atoms with Gasteiger partial charge in [0.2, 0.25) is 5.91 Å². The fourth-order valence-electron chi connectivity index (χ4n) is 0.995. The molecule has 0 aromatic rings. The van der Waals surface area contributed by atoms with Gasteiger partial charge in [-0.25, -0.2) is 0 Å². The van der Waals surface area contributed by atoms with Crippen LogP contribution in [0.4, 0.5) is 0 Å². The molecule has 0 atom stereocenters. The second-order valence-electron chi connectivity index (χ2n) is 3.16. The minimum atomic E-state index is -0.0166. The topological polar surface area (TPSA) is 61.8 Å². The standard InChI is InChI=1S/C9H20N2O3/c1-11(5-6-12)8-9(13)10-4-3-7-14-2/h12H,3-8H2,1-2H3,(H,10,13). The summed E-state index contributed by atoms with van der Waals surface area (Å²) in [6, 6.07) is 0. The Bertz CT molecular complexity index is 153. The van der Waals surface area contributed by atoms with Crippen LogP contribution in [0.1, 0.15) is 6.42 Å². The van der Waals surface area contributed by atoms with E-state index in [-0.39, 0.29) is 12.5 Å². The highest BCUT2D eigenvalue weighted by molar-refractivity contribution is 5.77. The Morgan fingerprint density at radius 2 is 2.29 bits per heavy atom. The Morgan fingerprint density at radius 3 is 2.86 bits per heavy atom. The summed E-state index contributed by atoms with van der Waals surface area (Å²) >= 11 is 0. The van der Waals surface area contributed by atoms with Crippen LogP contribution in [0, 0.1) is 0 Å². The third-order valence-corrected chi connectivity index (χ3v) is 1.74. The zero-order valence-electron chi connectivity index (χ0n) is 8.95. The molecule has 5 nitrogen and oxygen atoms in total. The zero-order chi connectivity index (χ0) is 10.8. The fourth-order valence-corrected chi connectivity index (χ4v) is 0.995. The molecular weight excluding hydrogens is 184 g/mol. The molecule has 0 unspecified atom stereocenters. The quantitative estimate of drug-likeness (QED) is 0.501. The van der Waals surface area contributed by atoms with Gasteiger partial charge >= 0.3 is 0 Å². The van der Waals surface area contributed by atoms with E-state index in [1.165, 1.54) is 0 Å². The van der Waals surface area contributed by atoms with Crippen molar-refractivity contribution in [3.63, 3.8) is 0 Å². The van der Waals surface area contributed by atoms with Crippen molar-refractivity contribution in [1.29, 1.82) is 0 Å². The van der Waals surface area contributed by atoms with E-state index in [2.05, 4.69) is 5.32 Å². The molecule has 2 N–H and O–H groups in total. The number of carbonyl (C=O) groups is 1. The largest absolute Gasteiger partial charge is 0.395 e. The van der Waals surface area contributed by atoms with Crippen LogP contribution < -0.4 is 5.32 Å². The van der Waals surface area contributed by atoms with Gasteiger partial charge in [0.1, 0.15) is 0 Å². The number of hydrogen-bond donors (Lipinski definition) is 2. The van der Waals surface area contributed by atoms with Crippen LogP contribution in [0.5, 0.6) is 0 Å². The highest BCUT2D eigenvalue weighted by Gasteiger charge is 2.04. The molecule has 0 aromatic carbocycles. The minimum absolute atomic E-state index is 0.0166. The smallest absolute Gasteiger partial charge is 0.234 e. The van der Waals surface area contributed by atoms with Crippen LogP contribution in [0.25, 0.3) is 0 Å². The van der Waals surface area contributed by atoms with Gasteiger partial charge in [-0.1, -0.05) is 0 Å². The SMILES string of the molecule is COCCCNC(=O)CN(C)CCO. The maximum absolute atomic E-state index is 11.2. The van der Waals surface area contributed by atoms with Crippen molar-refractivity contribution < 1.29 is 14.6 Å². The van der Waals surface area contributed by atoms with Gasteiger partial charge in [0, 0.05) is 26.8 Å².